The maximum Gasteiger partial charge on any atom is 0.308 e. The molecule has 10 heteroatoms. The molecule has 2 rings (SSSR count). The highest BCUT2D eigenvalue weighted by Crippen LogP contribution is 2.36. The molecule has 3 amide bonds. The van der Waals surface area contributed by atoms with E-state index in [4.69, 9.17) is 9.47 Å². The van der Waals surface area contributed by atoms with Crippen LogP contribution in [0.2, 0.25) is 0 Å². The summed E-state index contributed by atoms with van der Waals surface area (Å²) in [5.74, 6) is -1.15. The third kappa shape index (κ3) is 10.0. The Labute approximate surface area is 207 Å². The Morgan fingerprint density at radius 2 is 1.86 bits per heavy atom. The molecule has 0 aliphatic carbocycles. The molecule has 0 aromatic carbocycles. The number of likely N-dealkylation sites (tertiary alicyclic amines) is 1. The van der Waals surface area contributed by atoms with E-state index in [2.05, 4.69) is 15.6 Å². The Kier molecular flexibility index (Phi) is 11.1. The van der Waals surface area contributed by atoms with Crippen LogP contribution in [0.1, 0.15) is 64.5 Å². The van der Waals surface area contributed by atoms with Crippen molar-refractivity contribution in [2.24, 2.45) is 5.92 Å². The maximum atomic E-state index is 12.7. The molecule has 2 atom stereocenters. The van der Waals surface area contributed by atoms with Gasteiger partial charge in [0.2, 0.25) is 17.7 Å². The minimum atomic E-state index is -0.501. The number of amides is 3. The Morgan fingerprint density at radius 3 is 2.54 bits per heavy atom. The molecule has 0 bridgehead atoms. The van der Waals surface area contributed by atoms with Crippen molar-refractivity contribution in [1.29, 1.82) is 0 Å². The average molecular weight is 491 g/mol. The van der Waals surface area contributed by atoms with Crippen LogP contribution < -0.4 is 10.6 Å². The first-order valence-electron chi connectivity index (χ1n) is 12.1. The number of pyridine rings is 1. The zero-order valence-electron chi connectivity index (χ0n) is 21.2. The first-order chi connectivity index (χ1) is 16.6. The van der Waals surface area contributed by atoms with Crippen LogP contribution >= 0.6 is 0 Å². The Bertz CT molecular complexity index is 855. The minimum absolute atomic E-state index is 0.0767. The summed E-state index contributed by atoms with van der Waals surface area (Å²) >= 11 is 0. The normalized spacial score (nSPS) is 17.8. The van der Waals surface area contributed by atoms with Crippen molar-refractivity contribution < 1.29 is 28.7 Å². The molecular weight excluding hydrogens is 452 g/mol. The van der Waals surface area contributed by atoms with E-state index in [1.165, 1.54) is 0 Å². The number of aromatic nitrogens is 1. The molecule has 0 spiro atoms. The van der Waals surface area contributed by atoms with Crippen molar-refractivity contribution in [3.8, 4) is 0 Å². The molecule has 1 aromatic rings. The summed E-state index contributed by atoms with van der Waals surface area (Å²) in [6.07, 6.45) is 5.10. The van der Waals surface area contributed by atoms with Gasteiger partial charge in [-0.25, -0.2) is 0 Å². The van der Waals surface area contributed by atoms with Crippen LogP contribution in [0, 0.1) is 5.92 Å². The second kappa shape index (κ2) is 13.8. The van der Waals surface area contributed by atoms with E-state index in [0.29, 0.717) is 32.5 Å². The summed E-state index contributed by atoms with van der Waals surface area (Å²) in [7, 11) is 1.70. The fourth-order valence-corrected chi connectivity index (χ4v) is 3.84. The van der Waals surface area contributed by atoms with Crippen LogP contribution in [0.4, 0.5) is 0 Å². The summed E-state index contributed by atoms with van der Waals surface area (Å²) in [5, 5.41) is 5.67. The monoisotopic (exact) mass is 490 g/mol. The molecule has 0 unspecified atom stereocenters. The molecule has 194 valence electrons. The van der Waals surface area contributed by atoms with Crippen LogP contribution in [0.5, 0.6) is 0 Å². The Morgan fingerprint density at radius 1 is 1.11 bits per heavy atom. The van der Waals surface area contributed by atoms with E-state index in [1.807, 2.05) is 26.8 Å². The molecule has 1 saturated heterocycles. The van der Waals surface area contributed by atoms with E-state index in [9.17, 15) is 19.2 Å². The van der Waals surface area contributed by atoms with Crippen LogP contribution in [-0.2, 0) is 28.7 Å². The fraction of sp³-hybridized carbons (Fsp3) is 0.640. The number of ether oxygens (including phenoxy) is 2. The van der Waals surface area contributed by atoms with E-state index in [0.717, 1.165) is 5.56 Å². The van der Waals surface area contributed by atoms with Gasteiger partial charge < -0.3 is 25.0 Å². The van der Waals surface area contributed by atoms with Gasteiger partial charge in [-0.05, 0) is 45.2 Å². The Hall–Kier alpha value is -3.01. The highest BCUT2D eigenvalue weighted by atomic mass is 16.6. The number of hydrogen-bond donors (Lipinski definition) is 2. The second-order valence-electron chi connectivity index (χ2n) is 9.59. The van der Waals surface area contributed by atoms with Crippen molar-refractivity contribution in [1.82, 2.24) is 20.5 Å². The van der Waals surface area contributed by atoms with Crippen LogP contribution in [0.25, 0.3) is 0 Å². The molecule has 1 fully saturated rings. The number of nitrogens with zero attached hydrogens (tertiary/aromatic N) is 2. The predicted molar refractivity (Wildman–Crippen MR) is 129 cm³/mol. The minimum Gasteiger partial charge on any atom is -0.460 e. The molecule has 2 heterocycles. The highest BCUT2D eigenvalue weighted by molar-refractivity contribution is 5.90. The third-order valence-electron chi connectivity index (χ3n) is 5.49. The molecule has 0 saturated carbocycles. The summed E-state index contributed by atoms with van der Waals surface area (Å²) in [4.78, 5) is 54.2. The first-order valence-corrected chi connectivity index (χ1v) is 12.1. The molecule has 0 radical (unpaired) electrons. The van der Waals surface area contributed by atoms with Crippen molar-refractivity contribution in [2.75, 3.05) is 33.4 Å². The van der Waals surface area contributed by atoms with Gasteiger partial charge >= 0.3 is 5.97 Å². The number of esters is 1. The zero-order chi connectivity index (χ0) is 25.8. The van der Waals surface area contributed by atoms with Gasteiger partial charge in [-0.15, -0.1) is 0 Å². The smallest absolute Gasteiger partial charge is 0.308 e. The predicted octanol–water partition coefficient (Wildman–Crippen LogP) is 1.75. The van der Waals surface area contributed by atoms with Gasteiger partial charge in [0.25, 0.3) is 0 Å². The summed E-state index contributed by atoms with van der Waals surface area (Å²) in [6.45, 7) is 7.00. The van der Waals surface area contributed by atoms with E-state index < -0.39 is 11.5 Å². The molecule has 1 aliphatic rings. The number of carbonyl (C=O) groups excluding carboxylic acids is 4. The Balaban J connectivity index is 1.56. The number of hydrogen-bond acceptors (Lipinski definition) is 7. The van der Waals surface area contributed by atoms with E-state index >= 15 is 0 Å². The van der Waals surface area contributed by atoms with Gasteiger partial charge in [-0.3, -0.25) is 24.2 Å². The first kappa shape index (κ1) is 28.2. The summed E-state index contributed by atoms with van der Waals surface area (Å²) in [5.41, 5.74) is 0.327. The van der Waals surface area contributed by atoms with Crippen LogP contribution in [0.15, 0.2) is 24.5 Å². The molecule has 10 nitrogen and oxygen atoms in total. The number of nitrogens with one attached hydrogen (secondary N) is 2. The summed E-state index contributed by atoms with van der Waals surface area (Å²) in [6, 6.07) is 3.31. The number of rotatable bonds is 13. The van der Waals surface area contributed by atoms with Gasteiger partial charge in [0.15, 0.2) is 0 Å². The van der Waals surface area contributed by atoms with Crippen molar-refractivity contribution in [3.05, 3.63) is 30.1 Å². The van der Waals surface area contributed by atoms with Crippen molar-refractivity contribution in [2.45, 2.75) is 64.5 Å². The quantitative estimate of drug-likeness (QED) is 0.319. The standard InChI is InChI=1S/C25H38N4O6/c1-25(2,3)35-22(32)10-15-34-14-7-13-27-20(30)9-6-12-28-24(33)19-16-21(31)29(4)23(19)18-8-5-11-26-17-18/h5,8,11,17,19,23H,6-7,9-10,12-16H2,1-4H3,(H,27,30)(H,28,33)/t19-,23+/m0/s1. The van der Waals surface area contributed by atoms with Gasteiger partial charge in [0.1, 0.15) is 5.60 Å². The van der Waals surface area contributed by atoms with Crippen LogP contribution in [0.3, 0.4) is 0 Å². The molecule has 2 N–H and O–H groups in total. The maximum absolute atomic E-state index is 12.7. The van der Waals surface area contributed by atoms with Gasteiger partial charge in [-0.1, -0.05) is 6.07 Å². The van der Waals surface area contributed by atoms with Gasteiger partial charge in [0.05, 0.1) is 25.0 Å². The largest absolute Gasteiger partial charge is 0.460 e. The lowest BCUT2D eigenvalue weighted by molar-refractivity contribution is -0.156. The third-order valence-corrected chi connectivity index (χ3v) is 5.49. The van der Waals surface area contributed by atoms with E-state index in [1.54, 1.807) is 30.4 Å². The lowest BCUT2D eigenvalue weighted by Gasteiger charge is -2.24. The number of carbonyl (C=O) groups is 4. The topological polar surface area (TPSA) is 127 Å². The SMILES string of the molecule is CN1C(=O)C[C@H](C(=O)NCCCC(=O)NCCCOCCC(=O)OC(C)(C)C)[C@H]1c1cccnc1. The summed E-state index contributed by atoms with van der Waals surface area (Å²) < 4.78 is 10.6. The van der Waals surface area contributed by atoms with Crippen molar-refractivity contribution in [3.63, 3.8) is 0 Å². The lowest BCUT2D eigenvalue weighted by atomic mass is 9.94. The van der Waals surface area contributed by atoms with Gasteiger partial charge in [0, 0.05) is 52.0 Å². The van der Waals surface area contributed by atoms with Crippen molar-refractivity contribution >= 4 is 23.7 Å². The molecular formula is C25H38N4O6. The van der Waals surface area contributed by atoms with Crippen LogP contribution in [-0.4, -0.2) is 72.5 Å². The molecule has 1 aromatic heterocycles. The highest BCUT2D eigenvalue weighted by Gasteiger charge is 2.42. The molecule has 1 aliphatic heterocycles. The van der Waals surface area contributed by atoms with Gasteiger partial charge in [-0.2, -0.15) is 0 Å². The fourth-order valence-electron chi connectivity index (χ4n) is 3.84. The van der Waals surface area contributed by atoms with E-state index in [-0.39, 0.29) is 55.6 Å². The average Bonchev–Trinajstić information content (AvgIpc) is 3.09. The molecule has 35 heavy (non-hydrogen) atoms. The zero-order valence-corrected chi connectivity index (χ0v) is 21.2. The second-order valence-corrected chi connectivity index (χ2v) is 9.59. The lowest BCUT2D eigenvalue weighted by Crippen LogP contribution is -2.35.